The highest BCUT2D eigenvalue weighted by atomic mass is 32.2. The summed E-state index contributed by atoms with van der Waals surface area (Å²) in [6.07, 6.45) is 6.72. The SMILES string of the molecule is CCC1CCCCN1C(=O)COC(=O)c1ccc(S(=O)(=O)N2CCCCC2C)cc1. The first kappa shape index (κ1) is 22.7. The van der Waals surface area contributed by atoms with Crippen LogP contribution in [-0.2, 0) is 19.6 Å². The number of benzene rings is 1. The lowest BCUT2D eigenvalue weighted by molar-refractivity contribution is -0.138. The highest BCUT2D eigenvalue weighted by Crippen LogP contribution is 2.25. The summed E-state index contributed by atoms with van der Waals surface area (Å²) in [7, 11) is -3.58. The molecule has 0 aliphatic carbocycles. The molecule has 0 aromatic heterocycles. The Morgan fingerprint density at radius 1 is 1.03 bits per heavy atom. The number of amides is 1. The zero-order chi connectivity index (χ0) is 21.7. The summed E-state index contributed by atoms with van der Waals surface area (Å²) in [6, 6.07) is 5.96. The lowest BCUT2D eigenvalue weighted by Gasteiger charge is -2.35. The third-order valence-corrected chi connectivity index (χ3v) is 8.21. The zero-order valence-corrected chi connectivity index (χ0v) is 18.7. The molecule has 0 spiro atoms. The molecule has 2 atom stereocenters. The molecule has 2 unspecified atom stereocenters. The van der Waals surface area contributed by atoms with Gasteiger partial charge in [-0.05, 0) is 69.7 Å². The first-order valence-corrected chi connectivity index (χ1v) is 12.4. The van der Waals surface area contributed by atoms with Crippen LogP contribution in [0.25, 0.3) is 0 Å². The summed E-state index contributed by atoms with van der Waals surface area (Å²) in [5, 5.41) is 0. The number of rotatable bonds is 6. The summed E-state index contributed by atoms with van der Waals surface area (Å²) in [5.41, 5.74) is 0.235. The Hall–Kier alpha value is -1.93. The molecule has 1 amide bonds. The van der Waals surface area contributed by atoms with Crippen LogP contribution in [0.5, 0.6) is 0 Å². The summed E-state index contributed by atoms with van der Waals surface area (Å²) in [4.78, 5) is 26.8. The van der Waals surface area contributed by atoms with E-state index in [0.717, 1.165) is 44.9 Å². The molecule has 30 heavy (non-hydrogen) atoms. The third-order valence-electron chi connectivity index (χ3n) is 6.18. The Balaban J connectivity index is 1.60. The van der Waals surface area contributed by atoms with Crippen LogP contribution in [0.3, 0.4) is 0 Å². The average Bonchev–Trinajstić information content (AvgIpc) is 2.77. The number of likely N-dealkylation sites (tertiary alicyclic amines) is 1. The maximum Gasteiger partial charge on any atom is 0.338 e. The van der Waals surface area contributed by atoms with Crippen molar-refractivity contribution in [1.29, 1.82) is 0 Å². The molecule has 2 aliphatic rings. The van der Waals surface area contributed by atoms with Gasteiger partial charge in [-0.2, -0.15) is 4.31 Å². The van der Waals surface area contributed by atoms with Gasteiger partial charge in [-0.3, -0.25) is 4.79 Å². The highest BCUT2D eigenvalue weighted by molar-refractivity contribution is 7.89. The van der Waals surface area contributed by atoms with E-state index >= 15 is 0 Å². The van der Waals surface area contributed by atoms with Crippen LogP contribution in [0, 0.1) is 0 Å². The standard InChI is InChI=1S/C22H32N2O5S/c1-3-19-9-5-6-14-23(19)21(25)16-29-22(26)18-10-12-20(13-11-18)30(27,28)24-15-7-4-8-17(24)2/h10-13,17,19H,3-9,14-16H2,1-2H3. The molecular formula is C22H32N2O5S. The Morgan fingerprint density at radius 2 is 1.70 bits per heavy atom. The van der Waals surface area contributed by atoms with Gasteiger partial charge < -0.3 is 9.64 Å². The number of piperidine rings is 2. The van der Waals surface area contributed by atoms with Gasteiger partial charge in [0.05, 0.1) is 10.5 Å². The second-order valence-electron chi connectivity index (χ2n) is 8.21. The fourth-order valence-corrected chi connectivity index (χ4v) is 6.07. The van der Waals surface area contributed by atoms with Gasteiger partial charge in [0, 0.05) is 25.2 Å². The number of ether oxygens (including phenoxy) is 1. The molecule has 166 valence electrons. The quantitative estimate of drug-likeness (QED) is 0.640. The molecule has 2 saturated heterocycles. The summed E-state index contributed by atoms with van der Waals surface area (Å²) in [5.74, 6) is -0.795. The van der Waals surface area contributed by atoms with Crippen molar-refractivity contribution in [2.24, 2.45) is 0 Å². The molecule has 7 nitrogen and oxygen atoms in total. The first-order valence-electron chi connectivity index (χ1n) is 10.9. The minimum atomic E-state index is -3.58. The molecule has 1 aromatic rings. The van der Waals surface area contributed by atoms with Crippen molar-refractivity contribution >= 4 is 21.9 Å². The molecule has 2 fully saturated rings. The van der Waals surface area contributed by atoms with E-state index in [4.69, 9.17) is 4.74 Å². The Kier molecular flexibility index (Phi) is 7.52. The summed E-state index contributed by atoms with van der Waals surface area (Å²) < 4.78 is 32.5. The van der Waals surface area contributed by atoms with Crippen molar-refractivity contribution < 1.29 is 22.7 Å². The van der Waals surface area contributed by atoms with Crippen molar-refractivity contribution in [3.63, 3.8) is 0 Å². The molecule has 3 rings (SSSR count). The topological polar surface area (TPSA) is 84.0 Å². The molecule has 0 N–H and O–H groups in total. The molecule has 1 aromatic carbocycles. The number of nitrogens with zero attached hydrogens (tertiary/aromatic N) is 2. The van der Waals surface area contributed by atoms with Crippen molar-refractivity contribution in [3.8, 4) is 0 Å². The zero-order valence-electron chi connectivity index (χ0n) is 17.9. The maximum atomic E-state index is 12.9. The van der Waals surface area contributed by atoms with E-state index in [0.29, 0.717) is 13.1 Å². The summed E-state index contributed by atoms with van der Waals surface area (Å²) >= 11 is 0. The van der Waals surface area contributed by atoms with E-state index in [2.05, 4.69) is 6.92 Å². The van der Waals surface area contributed by atoms with E-state index < -0.39 is 16.0 Å². The van der Waals surface area contributed by atoms with Gasteiger partial charge in [-0.15, -0.1) is 0 Å². The Morgan fingerprint density at radius 3 is 2.37 bits per heavy atom. The molecule has 0 saturated carbocycles. The molecule has 0 bridgehead atoms. The number of esters is 1. The number of carbonyl (C=O) groups is 2. The minimum Gasteiger partial charge on any atom is -0.452 e. The van der Waals surface area contributed by atoms with Gasteiger partial charge in [-0.1, -0.05) is 13.3 Å². The largest absolute Gasteiger partial charge is 0.452 e. The van der Waals surface area contributed by atoms with Gasteiger partial charge in [-0.25, -0.2) is 13.2 Å². The lowest BCUT2D eigenvalue weighted by atomic mass is 10.00. The fraction of sp³-hybridized carbons (Fsp3) is 0.636. The van der Waals surface area contributed by atoms with Crippen molar-refractivity contribution in [1.82, 2.24) is 9.21 Å². The van der Waals surface area contributed by atoms with Gasteiger partial charge in [0.25, 0.3) is 5.91 Å². The first-order chi connectivity index (χ1) is 14.3. The minimum absolute atomic E-state index is 0.0267. The molecule has 2 aliphatic heterocycles. The maximum absolute atomic E-state index is 12.9. The molecule has 8 heteroatoms. The number of hydrogen-bond donors (Lipinski definition) is 0. The number of sulfonamides is 1. The number of hydrogen-bond acceptors (Lipinski definition) is 5. The van der Waals surface area contributed by atoms with Crippen LogP contribution >= 0.6 is 0 Å². The second kappa shape index (κ2) is 9.92. The monoisotopic (exact) mass is 436 g/mol. The lowest BCUT2D eigenvalue weighted by Crippen LogP contribution is -2.45. The highest BCUT2D eigenvalue weighted by Gasteiger charge is 2.31. The predicted octanol–water partition coefficient (Wildman–Crippen LogP) is 3.20. The van der Waals surface area contributed by atoms with Gasteiger partial charge in [0.15, 0.2) is 6.61 Å². The van der Waals surface area contributed by atoms with Crippen LogP contribution < -0.4 is 0 Å². The van der Waals surface area contributed by atoms with Crippen molar-refractivity contribution in [3.05, 3.63) is 29.8 Å². The van der Waals surface area contributed by atoms with E-state index in [9.17, 15) is 18.0 Å². The van der Waals surface area contributed by atoms with Crippen LogP contribution in [-0.4, -0.2) is 61.3 Å². The van der Waals surface area contributed by atoms with Crippen LogP contribution in [0.2, 0.25) is 0 Å². The van der Waals surface area contributed by atoms with Crippen molar-refractivity contribution in [2.75, 3.05) is 19.7 Å². The van der Waals surface area contributed by atoms with Gasteiger partial charge in [0.1, 0.15) is 0 Å². The van der Waals surface area contributed by atoms with Gasteiger partial charge in [0.2, 0.25) is 10.0 Å². The Labute approximate surface area is 179 Å². The third kappa shape index (κ3) is 5.03. The normalized spacial score (nSPS) is 23.2. The molecular weight excluding hydrogens is 404 g/mol. The van der Waals surface area contributed by atoms with Crippen molar-refractivity contribution in [2.45, 2.75) is 75.8 Å². The van der Waals surface area contributed by atoms with Crippen LogP contribution in [0.1, 0.15) is 69.2 Å². The van der Waals surface area contributed by atoms with E-state index in [-0.39, 0.29) is 35.1 Å². The summed E-state index contributed by atoms with van der Waals surface area (Å²) in [6.45, 7) is 4.91. The Bertz CT molecular complexity index is 853. The molecule has 0 radical (unpaired) electrons. The smallest absolute Gasteiger partial charge is 0.338 e. The average molecular weight is 437 g/mol. The number of carbonyl (C=O) groups excluding carboxylic acids is 2. The van der Waals surface area contributed by atoms with Crippen LogP contribution in [0.4, 0.5) is 0 Å². The molecule has 2 heterocycles. The second-order valence-corrected chi connectivity index (χ2v) is 10.1. The van der Waals surface area contributed by atoms with E-state index in [1.54, 1.807) is 0 Å². The van der Waals surface area contributed by atoms with Crippen LogP contribution in [0.15, 0.2) is 29.2 Å². The van der Waals surface area contributed by atoms with E-state index in [1.807, 2.05) is 11.8 Å². The van der Waals surface area contributed by atoms with Gasteiger partial charge >= 0.3 is 5.97 Å². The van der Waals surface area contributed by atoms with E-state index in [1.165, 1.54) is 28.6 Å². The fourth-order valence-electron chi connectivity index (χ4n) is 4.37. The predicted molar refractivity (Wildman–Crippen MR) is 114 cm³/mol.